The molecule has 0 fully saturated rings. The van der Waals surface area contributed by atoms with Crippen LogP contribution in [0.5, 0.6) is 0 Å². The molecule has 0 aliphatic heterocycles. The third kappa shape index (κ3) is 2.71. The van der Waals surface area contributed by atoms with Gasteiger partial charge in [0.05, 0.1) is 11.8 Å². The van der Waals surface area contributed by atoms with Crippen LogP contribution in [0.2, 0.25) is 0 Å². The molecule has 0 unspecified atom stereocenters. The first-order chi connectivity index (χ1) is 11.0. The van der Waals surface area contributed by atoms with Gasteiger partial charge in [-0.05, 0) is 12.1 Å². The molecule has 2 aromatic rings. The Morgan fingerprint density at radius 2 is 1.70 bits per heavy atom. The lowest BCUT2D eigenvalue weighted by molar-refractivity contribution is 0.0996. The molecule has 5 nitrogen and oxygen atoms in total. The minimum atomic E-state index is -0.378. The quantitative estimate of drug-likeness (QED) is 0.641. The Bertz CT molecular complexity index is 862. The van der Waals surface area contributed by atoms with Gasteiger partial charge in [-0.1, -0.05) is 35.9 Å². The first-order valence-electron chi connectivity index (χ1n) is 6.88. The van der Waals surface area contributed by atoms with E-state index in [4.69, 9.17) is 16.0 Å². The van der Waals surface area contributed by atoms with Crippen molar-refractivity contribution >= 4 is 35.0 Å². The second kappa shape index (κ2) is 5.85. The first kappa shape index (κ1) is 15.2. The summed E-state index contributed by atoms with van der Waals surface area (Å²) in [5.74, 6) is 0.0141. The van der Waals surface area contributed by atoms with Gasteiger partial charge in [0, 0.05) is 25.2 Å². The predicted molar refractivity (Wildman–Crippen MR) is 87.9 cm³/mol. The lowest BCUT2D eigenvalue weighted by Gasteiger charge is -2.16. The number of rotatable bonds is 3. The maximum atomic E-state index is 12.7. The average Bonchev–Trinajstić information content (AvgIpc) is 2.99. The molecule has 0 N–H and O–H groups in total. The van der Waals surface area contributed by atoms with E-state index in [1.54, 1.807) is 55.5 Å². The highest BCUT2D eigenvalue weighted by molar-refractivity contribution is 6.56. The van der Waals surface area contributed by atoms with Gasteiger partial charge in [0.25, 0.3) is 0 Å². The molecule has 116 valence electrons. The molecule has 0 radical (unpaired) electrons. The van der Waals surface area contributed by atoms with Gasteiger partial charge >= 0.3 is 0 Å². The van der Waals surface area contributed by atoms with Crippen molar-refractivity contribution in [1.82, 2.24) is 5.01 Å². The van der Waals surface area contributed by atoms with Gasteiger partial charge in [-0.25, -0.2) is 0 Å². The van der Waals surface area contributed by atoms with Crippen molar-refractivity contribution in [3.8, 4) is 0 Å². The smallest absolute Gasteiger partial charge is 0.206 e. The zero-order valence-corrected chi connectivity index (χ0v) is 13.3. The van der Waals surface area contributed by atoms with Crippen molar-refractivity contribution in [3.63, 3.8) is 0 Å². The number of furan rings is 1. The summed E-state index contributed by atoms with van der Waals surface area (Å²) in [6, 6.07) is 9.87. The molecule has 0 saturated carbocycles. The molecule has 3 rings (SSSR count). The molecule has 1 aromatic carbocycles. The second-order valence-electron chi connectivity index (χ2n) is 5.19. The Hall–Kier alpha value is -2.66. The van der Waals surface area contributed by atoms with Gasteiger partial charge in [0.1, 0.15) is 16.6 Å². The van der Waals surface area contributed by atoms with Crippen LogP contribution < -0.4 is 0 Å². The number of allylic oxidation sites excluding steroid dienone is 2. The molecule has 1 heterocycles. The van der Waals surface area contributed by atoms with Crippen molar-refractivity contribution in [1.29, 1.82) is 0 Å². The van der Waals surface area contributed by atoms with Crippen LogP contribution in [0.3, 0.4) is 0 Å². The van der Waals surface area contributed by atoms with E-state index >= 15 is 0 Å². The van der Waals surface area contributed by atoms with E-state index in [0.717, 1.165) is 0 Å². The number of halogens is 1. The summed E-state index contributed by atoms with van der Waals surface area (Å²) in [6.07, 6.45) is 1.51. The monoisotopic (exact) mass is 328 g/mol. The predicted octanol–water partition coefficient (Wildman–Crippen LogP) is 3.20. The van der Waals surface area contributed by atoms with Crippen LogP contribution in [0, 0.1) is 0 Å². The van der Waals surface area contributed by atoms with Gasteiger partial charge in [0.15, 0.2) is 5.78 Å². The highest BCUT2D eigenvalue weighted by atomic mass is 35.5. The number of Topliss-reactive ketones (excluding diaryl/α,β-unsaturated/α-hetero) is 2. The fraction of sp³-hybridized carbons (Fsp3) is 0.118. The number of carbonyl (C=O) groups excluding carboxylic acids is 2. The molecule has 23 heavy (non-hydrogen) atoms. The summed E-state index contributed by atoms with van der Waals surface area (Å²) in [4.78, 5) is 25.0. The third-order valence-corrected chi connectivity index (χ3v) is 3.71. The number of carbonyl (C=O) groups is 2. The summed E-state index contributed by atoms with van der Waals surface area (Å²) in [5.41, 5.74) is 0.726. The van der Waals surface area contributed by atoms with Gasteiger partial charge in [-0.3, -0.25) is 9.59 Å². The molecule has 0 atom stereocenters. The maximum Gasteiger partial charge on any atom is 0.206 e. The Balaban J connectivity index is 2.05. The Kier molecular flexibility index (Phi) is 3.88. The maximum absolute atomic E-state index is 12.7. The van der Waals surface area contributed by atoms with E-state index in [2.05, 4.69) is 5.10 Å². The number of fused-ring (bicyclic) bond motifs is 1. The molecular formula is C17H13ClN2O3. The topological polar surface area (TPSA) is 62.9 Å². The summed E-state index contributed by atoms with van der Waals surface area (Å²) >= 11 is 6.13. The number of hydrazone groups is 1. The molecule has 0 spiro atoms. The molecule has 6 heteroatoms. The molecule has 0 saturated heterocycles. The highest BCUT2D eigenvalue weighted by Gasteiger charge is 2.33. The van der Waals surface area contributed by atoms with Gasteiger partial charge < -0.3 is 9.43 Å². The molecule has 0 amide bonds. The minimum absolute atomic E-state index is 0.0832. The Labute approximate surface area is 137 Å². The van der Waals surface area contributed by atoms with E-state index in [0.29, 0.717) is 16.9 Å². The number of hydrogen-bond acceptors (Lipinski definition) is 5. The van der Waals surface area contributed by atoms with Crippen molar-refractivity contribution < 1.29 is 14.0 Å². The number of ketones is 2. The zero-order chi connectivity index (χ0) is 16.6. The lowest BCUT2D eigenvalue weighted by Crippen LogP contribution is -2.18. The number of benzene rings is 1. The largest absolute Gasteiger partial charge is 0.455 e. The second-order valence-corrected chi connectivity index (χ2v) is 5.56. The zero-order valence-electron chi connectivity index (χ0n) is 12.5. The van der Waals surface area contributed by atoms with Gasteiger partial charge in [-0.15, -0.1) is 0 Å². The summed E-state index contributed by atoms with van der Waals surface area (Å²) in [7, 11) is 3.56. The standard InChI is InChI=1S/C17H13ClN2O3/c1-20(2)19-9-10-7-8-13(23-10)14-15(18)17(22)12-6-4-3-5-11(12)16(14)21/h3-9H,1-2H3/b19-9+. The van der Waals surface area contributed by atoms with Crippen molar-refractivity contribution in [2.45, 2.75) is 0 Å². The van der Waals surface area contributed by atoms with E-state index in [1.165, 1.54) is 6.21 Å². The molecule has 0 bridgehead atoms. The van der Waals surface area contributed by atoms with Gasteiger partial charge in [-0.2, -0.15) is 5.10 Å². The van der Waals surface area contributed by atoms with Crippen LogP contribution >= 0.6 is 11.6 Å². The van der Waals surface area contributed by atoms with Crippen LogP contribution in [0.15, 0.2) is 50.9 Å². The fourth-order valence-electron chi connectivity index (χ4n) is 2.29. The molecular weight excluding hydrogens is 316 g/mol. The Morgan fingerprint density at radius 1 is 1.04 bits per heavy atom. The lowest BCUT2D eigenvalue weighted by atomic mass is 9.88. The van der Waals surface area contributed by atoms with Gasteiger partial charge in [0.2, 0.25) is 5.78 Å². The van der Waals surface area contributed by atoms with Crippen molar-refractivity contribution in [2.24, 2.45) is 5.10 Å². The number of nitrogens with zero attached hydrogens (tertiary/aromatic N) is 2. The molecule has 1 aliphatic carbocycles. The summed E-state index contributed by atoms with van der Waals surface area (Å²) in [5, 5.41) is 5.54. The van der Waals surface area contributed by atoms with Crippen molar-refractivity contribution in [2.75, 3.05) is 14.1 Å². The number of hydrogen-bond donors (Lipinski definition) is 0. The van der Waals surface area contributed by atoms with Crippen LogP contribution in [0.1, 0.15) is 32.2 Å². The average molecular weight is 329 g/mol. The van der Waals surface area contributed by atoms with Crippen LogP contribution in [-0.4, -0.2) is 36.9 Å². The SMILES string of the molecule is CN(C)/N=C/c1ccc(C2=C(Cl)C(=O)c3ccccc3C2=O)o1. The summed E-state index contributed by atoms with van der Waals surface area (Å²) < 4.78 is 5.59. The molecule has 1 aromatic heterocycles. The summed E-state index contributed by atoms with van der Waals surface area (Å²) in [6.45, 7) is 0. The van der Waals surface area contributed by atoms with E-state index in [-0.39, 0.29) is 27.9 Å². The van der Waals surface area contributed by atoms with Crippen LogP contribution in [-0.2, 0) is 0 Å². The first-order valence-corrected chi connectivity index (χ1v) is 7.26. The Morgan fingerprint density at radius 3 is 2.35 bits per heavy atom. The fourth-order valence-corrected chi connectivity index (χ4v) is 2.57. The van der Waals surface area contributed by atoms with E-state index < -0.39 is 0 Å². The minimum Gasteiger partial charge on any atom is -0.455 e. The third-order valence-electron chi connectivity index (χ3n) is 3.35. The van der Waals surface area contributed by atoms with Crippen molar-refractivity contribution in [3.05, 3.63) is 64.1 Å². The van der Waals surface area contributed by atoms with E-state index in [1.807, 2.05) is 0 Å². The normalized spacial score (nSPS) is 14.6. The van der Waals surface area contributed by atoms with Crippen LogP contribution in [0.4, 0.5) is 0 Å². The highest BCUT2D eigenvalue weighted by Crippen LogP contribution is 2.34. The van der Waals surface area contributed by atoms with Crippen LogP contribution in [0.25, 0.3) is 5.57 Å². The van der Waals surface area contributed by atoms with E-state index in [9.17, 15) is 9.59 Å². The molecule has 1 aliphatic rings.